The molecule has 0 spiro atoms. The van der Waals surface area contributed by atoms with Crippen molar-refractivity contribution in [3.8, 4) is 0 Å². The molecule has 0 aromatic carbocycles. The average molecular weight is 222 g/mol. The molecule has 1 aromatic rings. The van der Waals surface area contributed by atoms with Gasteiger partial charge in [-0.1, -0.05) is 6.92 Å². The molecule has 0 fully saturated rings. The van der Waals surface area contributed by atoms with Crippen LogP contribution in [0.4, 0.5) is 0 Å². The monoisotopic (exact) mass is 222 g/mol. The van der Waals surface area contributed by atoms with E-state index in [-0.39, 0.29) is 0 Å². The van der Waals surface area contributed by atoms with Crippen molar-refractivity contribution in [3.05, 3.63) is 29.8 Å². The van der Waals surface area contributed by atoms with Gasteiger partial charge in [-0.2, -0.15) is 5.10 Å². The first kappa shape index (κ1) is 11.2. The predicted octanol–water partition coefficient (Wildman–Crippen LogP) is 2.02. The normalized spacial score (nSPS) is 17.8. The molecule has 1 unspecified atom stereocenters. The van der Waals surface area contributed by atoms with E-state index < -0.39 is 6.10 Å². The van der Waals surface area contributed by atoms with E-state index in [0.29, 0.717) is 0 Å². The van der Waals surface area contributed by atoms with Gasteiger partial charge in [0.05, 0.1) is 19.1 Å². The molecule has 16 heavy (non-hydrogen) atoms. The van der Waals surface area contributed by atoms with Gasteiger partial charge in [-0.05, 0) is 24.8 Å². The lowest BCUT2D eigenvalue weighted by atomic mass is 10.0. The highest BCUT2D eigenvalue weighted by atomic mass is 16.5. The smallest absolute Gasteiger partial charge is 0.106 e. The van der Waals surface area contributed by atoms with Crippen molar-refractivity contribution in [1.29, 1.82) is 0 Å². The Hall–Kier alpha value is -1.29. The van der Waals surface area contributed by atoms with Gasteiger partial charge in [0.15, 0.2) is 0 Å². The van der Waals surface area contributed by atoms with Crippen molar-refractivity contribution >= 4 is 0 Å². The second kappa shape index (κ2) is 5.16. The number of aromatic nitrogens is 2. The van der Waals surface area contributed by atoms with E-state index in [1.807, 2.05) is 10.9 Å². The fourth-order valence-corrected chi connectivity index (χ4v) is 1.87. The minimum absolute atomic E-state index is 0.564. The Kier molecular flexibility index (Phi) is 3.62. The summed E-state index contributed by atoms with van der Waals surface area (Å²) in [6.07, 6.45) is 7.69. The standard InChI is InChI=1S/C12H18N2O2/c1-2-5-14-8-11(7-13-14)12(15)10-4-3-6-16-9-10/h7-9,12,15H,2-6H2,1H3. The van der Waals surface area contributed by atoms with Crippen molar-refractivity contribution in [1.82, 2.24) is 9.78 Å². The molecular weight excluding hydrogens is 204 g/mol. The number of aryl methyl sites for hydroxylation is 1. The van der Waals surface area contributed by atoms with E-state index in [9.17, 15) is 5.11 Å². The van der Waals surface area contributed by atoms with Crippen LogP contribution >= 0.6 is 0 Å². The first-order valence-electron chi connectivity index (χ1n) is 5.82. The van der Waals surface area contributed by atoms with Crippen molar-refractivity contribution in [3.63, 3.8) is 0 Å². The number of rotatable bonds is 4. The van der Waals surface area contributed by atoms with Gasteiger partial charge in [-0.25, -0.2) is 0 Å². The lowest BCUT2D eigenvalue weighted by Gasteiger charge is -2.17. The Morgan fingerprint density at radius 3 is 3.19 bits per heavy atom. The molecule has 0 amide bonds. The predicted molar refractivity (Wildman–Crippen MR) is 60.7 cm³/mol. The van der Waals surface area contributed by atoms with Crippen LogP contribution in [0.1, 0.15) is 37.9 Å². The number of ether oxygens (including phenoxy) is 1. The minimum atomic E-state index is -0.564. The Morgan fingerprint density at radius 1 is 1.62 bits per heavy atom. The summed E-state index contributed by atoms with van der Waals surface area (Å²) < 4.78 is 7.09. The van der Waals surface area contributed by atoms with Crippen LogP contribution < -0.4 is 0 Å². The zero-order chi connectivity index (χ0) is 11.4. The third kappa shape index (κ3) is 2.44. The van der Waals surface area contributed by atoms with Gasteiger partial charge in [0.2, 0.25) is 0 Å². The molecule has 1 N–H and O–H groups in total. The highest BCUT2D eigenvalue weighted by Crippen LogP contribution is 2.26. The van der Waals surface area contributed by atoms with Crippen LogP contribution in [-0.4, -0.2) is 21.5 Å². The third-order valence-electron chi connectivity index (χ3n) is 2.74. The van der Waals surface area contributed by atoms with Gasteiger partial charge in [0.1, 0.15) is 6.10 Å². The van der Waals surface area contributed by atoms with Crippen LogP contribution in [0.5, 0.6) is 0 Å². The molecular formula is C12H18N2O2. The molecule has 4 heteroatoms. The van der Waals surface area contributed by atoms with E-state index in [1.54, 1.807) is 12.5 Å². The second-order valence-corrected chi connectivity index (χ2v) is 4.11. The Balaban J connectivity index is 2.07. The molecule has 0 aliphatic carbocycles. The van der Waals surface area contributed by atoms with Crippen LogP contribution in [0.25, 0.3) is 0 Å². The maximum absolute atomic E-state index is 10.1. The summed E-state index contributed by atoms with van der Waals surface area (Å²) in [7, 11) is 0. The number of hydrogen-bond acceptors (Lipinski definition) is 3. The Morgan fingerprint density at radius 2 is 2.50 bits per heavy atom. The largest absolute Gasteiger partial charge is 0.501 e. The summed E-state index contributed by atoms with van der Waals surface area (Å²) >= 11 is 0. The molecule has 1 aliphatic rings. The van der Waals surface area contributed by atoms with Gasteiger partial charge in [-0.3, -0.25) is 4.68 Å². The summed E-state index contributed by atoms with van der Waals surface area (Å²) in [4.78, 5) is 0. The summed E-state index contributed by atoms with van der Waals surface area (Å²) in [6.45, 7) is 3.75. The molecule has 2 rings (SSSR count). The third-order valence-corrected chi connectivity index (χ3v) is 2.74. The van der Waals surface area contributed by atoms with Gasteiger partial charge in [-0.15, -0.1) is 0 Å². The van der Waals surface area contributed by atoms with Crippen LogP contribution in [0.3, 0.4) is 0 Å². The molecule has 0 saturated carbocycles. The quantitative estimate of drug-likeness (QED) is 0.847. The summed E-state index contributed by atoms with van der Waals surface area (Å²) in [5.41, 5.74) is 1.80. The Labute approximate surface area is 95.5 Å². The average Bonchev–Trinajstić information content (AvgIpc) is 2.78. The molecule has 1 aliphatic heterocycles. The number of aliphatic hydroxyl groups excluding tert-OH is 1. The lowest BCUT2D eigenvalue weighted by molar-refractivity contribution is 0.170. The molecule has 0 bridgehead atoms. The fraction of sp³-hybridized carbons (Fsp3) is 0.583. The van der Waals surface area contributed by atoms with Crippen LogP contribution in [0.15, 0.2) is 24.2 Å². The van der Waals surface area contributed by atoms with E-state index in [0.717, 1.165) is 43.6 Å². The maximum atomic E-state index is 10.1. The van der Waals surface area contributed by atoms with E-state index in [1.165, 1.54) is 0 Å². The topological polar surface area (TPSA) is 47.3 Å². The zero-order valence-electron chi connectivity index (χ0n) is 9.59. The highest BCUT2D eigenvalue weighted by molar-refractivity contribution is 5.21. The van der Waals surface area contributed by atoms with Crippen molar-refractivity contribution in [2.24, 2.45) is 0 Å². The van der Waals surface area contributed by atoms with Crippen LogP contribution in [0.2, 0.25) is 0 Å². The minimum Gasteiger partial charge on any atom is -0.501 e. The Bertz CT molecular complexity index is 371. The van der Waals surface area contributed by atoms with Gasteiger partial charge >= 0.3 is 0 Å². The van der Waals surface area contributed by atoms with Crippen molar-refractivity contribution in [2.45, 2.75) is 38.8 Å². The molecule has 88 valence electrons. The molecule has 0 saturated heterocycles. The van der Waals surface area contributed by atoms with Crippen LogP contribution in [-0.2, 0) is 11.3 Å². The molecule has 1 aromatic heterocycles. The van der Waals surface area contributed by atoms with Crippen molar-refractivity contribution < 1.29 is 9.84 Å². The van der Waals surface area contributed by atoms with Gasteiger partial charge < -0.3 is 9.84 Å². The second-order valence-electron chi connectivity index (χ2n) is 4.11. The fourth-order valence-electron chi connectivity index (χ4n) is 1.87. The molecule has 1 atom stereocenters. The zero-order valence-corrected chi connectivity index (χ0v) is 9.59. The van der Waals surface area contributed by atoms with Crippen LogP contribution in [0, 0.1) is 0 Å². The maximum Gasteiger partial charge on any atom is 0.106 e. The first-order valence-corrected chi connectivity index (χ1v) is 5.82. The summed E-state index contributed by atoms with van der Waals surface area (Å²) in [5, 5.41) is 14.3. The lowest BCUT2D eigenvalue weighted by Crippen LogP contribution is -2.07. The number of nitrogens with zero attached hydrogens (tertiary/aromatic N) is 2. The molecule has 4 nitrogen and oxygen atoms in total. The highest BCUT2D eigenvalue weighted by Gasteiger charge is 2.17. The van der Waals surface area contributed by atoms with Gasteiger partial charge in [0.25, 0.3) is 0 Å². The van der Waals surface area contributed by atoms with Crippen molar-refractivity contribution in [2.75, 3.05) is 6.61 Å². The summed E-state index contributed by atoms with van der Waals surface area (Å²) in [5.74, 6) is 0. The van der Waals surface area contributed by atoms with E-state index >= 15 is 0 Å². The van der Waals surface area contributed by atoms with E-state index in [4.69, 9.17) is 4.74 Å². The number of hydrogen-bond donors (Lipinski definition) is 1. The molecule has 2 heterocycles. The SMILES string of the molecule is CCCn1cc(C(O)C2=COCCC2)cn1. The van der Waals surface area contributed by atoms with Gasteiger partial charge in [0, 0.05) is 18.3 Å². The molecule has 0 radical (unpaired) electrons. The first-order chi connectivity index (χ1) is 7.81. The van der Waals surface area contributed by atoms with E-state index in [2.05, 4.69) is 12.0 Å². The number of aliphatic hydroxyl groups is 1. The summed E-state index contributed by atoms with van der Waals surface area (Å²) in [6, 6.07) is 0.